The molecule has 3 aromatic carbocycles. The van der Waals surface area contributed by atoms with Gasteiger partial charge in [0.15, 0.2) is 0 Å². The van der Waals surface area contributed by atoms with Gasteiger partial charge >= 0.3 is 0 Å². The maximum absolute atomic E-state index is 9.36. The first kappa shape index (κ1) is 22.4. The summed E-state index contributed by atoms with van der Waals surface area (Å²) in [6.45, 7) is 4.37. The normalized spacial score (nSPS) is 11.2. The van der Waals surface area contributed by atoms with Gasteiger partial charge in [-0.05, 0) is 47.0 Å². The largest absolute Gasteiger partial charge is 0.489 e. The first-order chi connectivity index (χ1) is 15.5. The van der Waals surface area contributed by atoms with Gasteiger partial charge in [0.05, 0.1) is 22.2 Å². The first-order valence-electron chi connectivity index (χ1n) is 10.3. The van der Waals surface area contributed by atoms with Gasteiger partial charge in [0.1, 0.15) is 23.8 Å². The van der Waals surface area contributed by atoms with Gasteiger partial charge in [-0.25, -0.2) is 0 Å². The van der Waals surface area contributed by atoms with Crippen molar-refractivity contribution in [2.45, 2.75) is 33.0 Å². The molecule has 0 fully saturated rings. The summed E-state index contributed by atoms with van der Waals surface area (Å²) in [5.41, 5.74) is 5.03. The van der Waals surface area contributed by atoms with E-state index in [-0.39, 0.29) is 19.1 Å². The molecule has 6 heteroatoms. The van der Waals surface area contributed by atoms with E-state index in [1.807, 2.05) is 62.4 Å². The van der Waals surface area contributed by atoms with E-state index in [1.54, 1.807) is 18.2 Å². The van der Waals surface area contributed by atoms with Crippen LogP contribution in [0.4, 0.5) is 0 Å². The minimum atomic E-state index is 0.0176. The van der Waals surface area contributed by atoms with Gasteiger partial charge in [-0.2, -0.15) is 0 Å². The Morgan fingerprint density at radius 3 is 2.28 bits per heavy atom. The summed E-state index contributed by atoms with van der Waals surface area (Å²) >= 11 is 12.8. The van der Waals surface area contributed by atoms with Crippen molar-refractivity contribution in [3.63, 3.8) is 0 Å². The topological polar surface area (TPSA) is 55.5 Å². The number of hydrogen-bond donors (Lipinski definition) is 1. The Labute approximate surface area is 197 Å². The van der Waals surface area contributed by atoms with E-state index in [4.69, 9.17) is 32.5 Å². The number of aliphatic hydroxyl groups excluding tert-OH is 1. The van der Waals surface area contributed by atoms with E-state index in [2.05, 4.69) is 5.16 Å². The maximum atomic E-state index is 9.36. The molecule has 0 amide bonds. The SMILES string of the molecule is CC(C)c1onc(-c2c(Cl)cccc2Cl)c1COc1ccc(-c2cccc(CO)c2)cc1. The molecule has 0 spiro atoms. The molecule has 1 aromatic heterocycles. The second kappa shape index (κ2) is 9.78. The predicted molar refractivity (Wildman–Crippen MR) is 128 cm³/mol. The van der Waals surface area contributed by atoms with Gasteiger partial charge < -0.3 is 14.4 Å². The number of benzene rings is 3. The first-order valence-corrected chi connectivity index (χ1v) is 11.1. The second-order valence-corrected chi connectivity index (χ2v) is 8.61. The third-order valence-corrected chi connectivity index (χ3v) is 5.85. The van der Waals surface area contributed by atoms with Crippen LogP contribution < -0.4 is 4.74 Å². The van der Waals surface area contributed by atoms with E-state index in [9.17, 15) is 5.11 Å². The third kappa shape index (κ3) is 4.68. The van der Waals surface area contributed by atoms with Crippen LogP contribution in [0.3, 0.4) is 0 Å². The minimum Gasteiger partial charge on any atom is -0.489 e. The summed E-state index contributed by atoms with van der Waals surface area (Å²) in [4.78, 5) is 0. The molecule has 0 aliphatic heterocycles. The summed E-state index contributed by atoms with van der Waals surface area (Å²) in [5, 5.41) is 14.7. The van der Waals surface area contributed by atoms with Crippen LogP contribution >= 0.6 is 23.2 Å². The number of ether oxygens (including phenoxy) is 1. The number of halogens is 2. The molecule has 0 aliphatic carbocycles. The van der Waals surface area contributed by atoms with Crippen molar-refractivity contribution < 1.29 is 14.4 Å². The molecule has 4 nitrogen and oxygen atoms in total. The van der Waals surface area contributed by atoms with Crippen LogP contribution in [0.2, 0.25) is 10.0 Å². The van der Waals surface area contributed by atoms with Crippen molar-refractivity contribution in [3.8, 4) is 28.1 Å². The molecule has 4 aromatic rings. The average Bonchev–Trinajstić information content (AvgIpc) is 3.22. The monoisotopic (exact) mass is 467 g/mol. The van der Waals surface area contributed by atoms with Crippen LogP contribution in [-0.2, 0) is 13.2 Å². The number of hydrogen-bond acceptors (Lipinski definition) is 4. The summed E-state index contributed by atoms with van der Waals surface area (Å²) < 4.78 is 11.7. The van der Waals surface area contributed by atoms with Gasteiger partial charge in [-0.1, -0.05) is 78.6 Å². The van der Waals surface area contributed by atoms with Crippen LogP contribution in [0, 0.1) is 0 Å². The Balaban J connectivity index is 1.59. The van der Waals surface area contributed by atoms with Crippen molar-refractivity contribution in [1.29, 1.82) is 0 Å². The number of aromatic nitrogens is 1. The van der Waals surface area contributed by atoms with E-state index < -0.39 is 0 Å². The van der Waals surface area contributed by atoms with E-state index in [0.29, 0.717) is 21.3 Å². The molecule has 32 heavy (non-hydrogen) atoms. The summed E-state index contributed by atoms with van der Waals surface area (Å²) in [5.74, 6) is 1.59. The summed E-state index contributed by atoms with van der Waals surface area (Å²) in [6.07, 6.45) is 0. The van der Waals surface area contributed by atoms with Gasteiger partial charge in [0.2, 0.25) is 0 Å². The van der Waals surface area contributed by atoms with Crippen molar-refractivity contribution in [1.82, 2.24) is 5.16 Å². The van der Waals surface area contributed by atoms with E-state index in [0.717, 1.165) is 33.8 Å². The predicted octanol–water partition coefficient (Wildman–Crippen LogP) is 7.51. The van der Waals surface area contributed by atoms with Gasteiger partial charge in [-0.15, -0.1) is 0 Å². The highest BCUT2D eigenvalue weighted by Crippen LogP contribution is 2.38. The number of rotatable bonds is 7. The molecular formula is C26H23Cl2NO3. The number of aliphatic hydroxyl groups is 1. The van der Waals surface area contributed by atoms with Crippen molar-refractivity contribution in [3.05, 3.63) is 93.7 Å². The quantitative estimate of drug-likeness (QED) is 0.305. The van der Waals surface area contributed by atoms with E-state index >= 15 is 0 Å². The van der Waals surface area contributed by atoms with Gasteiger partial charge in [0, 0.05) is 11.5 Å². The Morgan fingerprint density at radius 1 is 0.938 bits per heavy atom. The van der Waals surface area contributed by atoms with Crippen LogP contribution in [0.5, 0.6) is 5.75 Å². The van der Waals surface area contributed by atoms with Crippen LogP contribution in [0.25, 0.3) is 22.4 Å². The Hall–Kier alpha value is -2.79. The summed E-state index contributed by atoms with van der Waals surface area (Å²) in [6, 6.07) is 21.0. The average molecular weight is 468 g/mol. The minimum absolute atomic E-state index is 0.0176. The molecule has 164 valence electrons. The Bertz CT molecular complexity index is 1200. The molecule has 0 atom stereocenters. The zero-order valence-corrected chi connectivity index (χ0v) is 19.3. The molecule has 4 rings (SSSR count). The fourth-order valence-electron chi connectivity index (χ4n) is 3.58. The maximum Gasteiger partial charge on any atom is 0.146 e. The fraction of sp³-hybridized carbons (Fsp3) is 0.192. The zero-order chi connectivity index (χ0) is 22.7. The lowest BCUT2D eigenvalue weighted by molar-refractivity contribution is 0.282. The summed E-state index contributed by atoms with van der Waals surface area (Å²) in [7, 11) is 0. The number of nitrogens with zero attached hydrogens (tertiary/aromatic N) is 1. The smallest absolute Gasteiger partial charge is 0.146 e. The lowest BCUT2D eigenvalue weighted by atomic mass is 10.0. The van der Waals surface area contributed by atoms with Crippen molar-refractivity contribution in [2.24, 2.45) is 0 Å². The molecule has 1 N–H and O–H groups in total. The van der Waals surface area contributed by atoms with Crippen LogP contribution in [0.1, 0.15) is 36.7 Å². The lowest BCUT2D eigenvalue weighted by Gasteiger charge is -2.11. The highest BCUT2D eigenvalue weighted by Gasteiger charge is 2.23. The van der Waals surface area contributed by atoms with Crippen molar-refractivity contribution in [2.75, 3.05) is 0 Å². The third-order valence-electron chi connectivity index (χ3n) is 5.22. The standard InChI is InChI=1S/C26H23Cl2NO3/c1-16(2)26-21(25(29-32-26)24-22(27)7-4-8-23(24)28)15-31-20-11-9-18(10-12-20)19-6-3-5-17(13-19)14-30/h3-13,16,30H,14-15H2,1-2H3. The molecule has 0 aliphatic rings. The molecule has 0 bridgehead atoms. The second-order valence-electron chi connectivity index (χ2n) is 7.80. The zero-order valence-electron chi connectivity index (χ0n) is 17.8. The van der Waals surface area contributed by atoms with Crippen LogP contribution in [-0.4, -0.2) is 10.3 Å². The molecule has 1 heterocycles. The molecule has 0 saturated heterocycles. The Morgan fingerprint density at radius 2 is 1.62 bits per heavy atom. The highest BCUT2D eigenvalue weighted by atomic mass is 35.5. The molecular weight excluding hydrogens is 445 g/mol. The molecule has 0 unspecified atom stereocenters. The van der Waals surface area contributed by atoms with Crippen molar-refractivity contribution >= 4 is 23.2 Å². The molecule has 0 radical (unpaired) electrons. The fourth-order valence-corrected chi connectivity index (χ4v) is 4.16. The molecule has 0 saturated carbocycles. The van der Waals surface area contributed by atoms with Gasteiger partial charge in [0.25, 0.3) is 0 Å². The van der Waals surface area contributed by atoms with E-state index in [1.165, 1.54) is 0 Å². The highest BCUT2D eigenvalue weighted by molar-refractivity contribution is 6.39. The Kier molecular flexibility index (Phi) is 6.85. The van der Waals surface area contributed by atoms with Gasteiger partial charge in [-0.3, -0.25) is 0 Å². The lowest BCUT2D eigenvalue weighted by Crippen LogP contribution is -2.01. The van der Waals surface area contributed by atoms with Crippen LogP contribution in [0.15, 0.2) is 71.3 Å².